The fraction of sp³-hybridized carbons (Fsp3) is 0.138. The molecule has 36 heavy (non-hydrogen) atoms. The largest absolute Gasteiger partial charge is 0.457 e. The van der Waals surface area contributed by atoms with Crippen LogP contribution in [0.1, 0.15) is 16.7 Å². The van der Waals surface area contributed by atoms with Gasteiger partial charge in [-0.05, 0) is 73.0 Å². The zero-order valence-corrected chi connectivity index (χ0v) is 20.6. The quantitative estimate of drug-likeness (QED) is 0.379. The van der Waals surface area contributed by atoms with Crippen LogP contribution in [-0.4, -0.2) is 24.7 Å². The molecular weight excluding hydrogens is 472 g/mol. The van der Waals surface area contributed by atoms with E-state index in [1.807, 2.05) is 61.5 Å². The summed E-state index contributed by atoms with van der Waals surface area (Å²) in [5.74, 6) is 0.971. The van der Waals surface area contributed by atoms with Gasteiger partial charge in [0, 0.05) is 12.2 Å². The predicted octanol–water partition coefficient (Wildman–Crippen LogP) is 5.54. The normalized spacial score (nSPS) is 15.6. The number of carbonyl (C=O) groups is 1. The van der Waals surface area contributed by atoms with Crippen molar-refractivity contribution in [2.75, 3.05) is 5.32 Å². The number of anilines is 1. The Kier molecular flexibility index (Phi) is 6.59. The van der Waals surface area contributed by atoms with E-state index >= 15 is 0 Å². The van der Waals surface area contributed by atoms with E-state index in [1.54, 1.807) is 48.5 Å². The van der Waals surface area contributed by atoms with E-state index < -0.39 is 16.1 Å². The lowest BCUT2D eigenvalue weighted by molar-refractivity contribution is -0.120. The Morgan fingerprint density at radius 2 is 1.42 bits per heavy atom. The second-order valence-electron chi connectivity index (χ2n) is 8.78. The Morgan fingerprint density at radius 1 is 0.806 bits per heavy atom. The zero-order valence-electron chi connectivity index (χ0n) is 19.8. The van der Waals surface area contributed by atoms with Gasteiger partial charge in [0.25, 0.3) is 0 Å². The highest BCUT2D eigenvalue weighted by Gasteiger charge is 2.39. The van der Waals surface area contributed by atoms with Gasteiger partial charge in [-0.25, -0.2) is 8.42 Å². The second kappa shape index (κ2) is 9.97. The van der Waals surface area contributed by atoms with Crippen molar-refractivity contribution >= 4 is 21.6 Å². The number of hydrogen-bond acceptors (Lipinski definition) is 4. The minimum absolute atomic E-state index is 0.133. The van der Waals surface area contributed by atoms with Gasteiger partial charge in [0.05, 0.1) is 4.90 Å². The highest BCUT2D eigenvalue weighted by molar-refractivity contribution is 7.89. The second-order valence-corrected chi connectivity index (χ2v) is 10.7. The molecule has 0 unspecified atom stereocenters. The number of carbonyl (C=O) groups excluding carboxylic acids is 1. The molecule has 5 rings (SSSR count). The Morgan fingerprint density at radius 3 is 2.11 bits per heavy atom. The SMILES string of the molecule is Cc1ccc(S(=O)(=O)N2Cc3ccccc3C[C@@H]2C(=O)Nc2ccc(Oc3ccccc3)cc2)cc1. The number of sulfonamides is 1. The van der Waals surface area contributed by atoms with Gasteiger partial charge in [-0.15, -0.1) is 0 Å². The molecule has 6 nitrogen and oxygen atoms in total. The van der Waals surface area contributed by atoms with Gasteiger partial charge in [0.15, 0.2) is 0 Å². The van der Waals surface area contributed by atoms with Crippen molar-refractivity contribution in [1.29, 1.82) is 0 Å². The van der Waals surface area contributed by atoms with Crippen LogP contribution in [-0.2, 0) is 27.8 Å². The number of hydrogen-bond donors (Lipinski definition) is 1. The highest BCUT2D eigenvalue weighted by Crippen LogP contribution is 2.30. The zero-order chi connectivity index (χ0) is 25.1. The van der Waals surface area contributed by atoms with Crippen LogP contribution in [0, 0.1) is 6.92 Å². The number of fused-ring (bicyclic) bond motifs is 1. The molecule has 0 saturated carbocycles. The number of para-hydroxylation sites is 1. The molecule has 0 fully saturated rings. The lowest BCUT2D eigenvalue weighted by atomic mass is 9.95. The average molecular weight is 499 g/mol. The molecule has 182 valence electrons. The van der Waals surface area contributed by atoms with Gasteiger partial charge in [-0.3, -0.25) is 4.79 Å². The Bertz CT molecular complexity index is 1470. The van der Waals surface area contributed by atoms with Crippen LogP contribution in [0.3, 0.4) is 0 Å². The molecule has 4 aromatic rings. The number of aryl methyl sites for hydroxylation is 1. The number of nitrogens with zero attached hydrogens (tertiary/aromatic N) is 1. The minimum Gasteiger partial charge on any atom is -0.457 e. The van der Waals surface area contributed by atoms with E-state index in [1.165, 1.54) is 4.31 Å². The molecule has 7 heteroatoms. The maximum Gasteiger partial charge on any atom is 0.244 e. The van der Waals surface area contributed by atoms with E-state index in [2.05, 4.69) is 5.32 Å². The molecule has 1 aliphatic heterocycles. The molecule has 0 spiro atoms. The molecule has 0 radical (unpaired) electrons. The van der Waals surface area contributed by atoms with Crippen molar-refractivity contribution in [3.63, 3.8) is 0 Å². The third kappa shape index (κ3) is 5.03. The van der Waals surface area contributed by atoms with Crippen molar-refractivity contribution < 1.29 is 17.9 Å². The smallest absolute Gasteiger partial charge is 0.244 e. The lowest BCUT2D eigenvalue weighted by Crippen LogP contribution is -2.50. The average Bonchev–Trinajstić information content (AvgIpc) is 2.90. The summed E-state index contributed by atoms with van der Waals surface area (Å²) in [4.78, 5) is 13.6. The van der Waals surface area contributed by atoms with Crippen LogP contribution in [0.15, 0.2) is 108 Å². The molecule has 0 bridgehead atoms. The number of rotatable bonds is 6. The molecule has 0 aromatic heterocycles. The summed E-state index contributed by atoms with van der Waals surface area (Å²) in [6.45, 7) is 2.04. The first kappa shape index (κ1) is 23.8. The first-order valence-corrected chi connectivity index (χ1v) is 13.1. The molecule has 1 heterocycles. The van der Waals surface area contributed by atoms with Gasteiger partial charge >= 0.3 is 0 Å². The van der Waals surface area contributed by atoms with E-state index in [-0.39, 0.29) is 17.3 Å². The molecule has 1 atom stereocenters. The van der Waals surface area contributed by atoms with Gasteiger partial charge in [0.1, 0.15) is 17.5 Å². The maximum absolute atomic E-state index is 13.6. The van der Waals surface area contributed by atoms with Gasteiger partial charge in [-0.2, -0.15) is 4.31 Å². The summed E-state index contributed by atoms with van der Waals surface area (Å²) in [5.41, 5.74) is 3.40. The van der Waals surface area contributed by atoms with Crippen LogP contribution in [0.2, 0.25) is 0 Å². The van der Waals surface area contributed by atoms with Crippen LogP contribution >= 0.6 is 0 Å². The molecule has 1 aliphatic rings. The third-order valence-corrected chi connectivity index (χ3v) is 8.11. The topological polar surface area (TPSA) is 75.7 Å². The van der Waals surface area contributed by atoms with Crippen LogP contribution in [0.4, 0.5) is 5.69 Å². The fourth-order valence-electron chi connectivity index (χ4n) is 4.28. The predicted molar refractivity (Wildman–Crippen MR) is 139 cm³/mol. The summed E-state index contributed by atoms with van der Waals surface area (Å²) in [6, 6.07) is 29.9. The summed E-state index contributed by atoms with van der Waals surface area (Å²) >= 11 is 0. The van der Waals surface area contributed by atoms with Crippen LogP contribution in [0.25, 0.3) is 0 Å². The van der Waals surface area contributed by atoms with Crippen molar-refractivity contribution in [3.05, 3.63) is 120 Å². The number of nitrogens with one attached hydrogen (secondary N) is 1. The summed E-state index contributed by atoms with van der Waals surface area (Å²) in [5, 5.41) is 2.90. The van der Waals surface area contributed by atoms with E-state index in [4.69, 9.17) is 4.74 Å². The number of amides is 1. The molecule has 1 N–H and O–H groups in total. The highest BCUT2D eigenvalue weighted by atomic mass is 32.2. The molecule has 0 aliphatic carbocycles. The summed E-state index contributed by atoms with van der Waals surface area (Å²) < 4.78 is 34.4. The van der Waals surface area contributed by atoms with E-state index in [0.717, 1.165) is 16.7 Å². The number of benzene rings is 4. The maximum atomic E-state index is 13.6. The minimum atomic E-state index is -3.90. The van der Waals surface area contributed by atoms with Crippen molar-refractivity contribution in [2.45, 2.75) is 30.8 Å². The third-order valence-electron chi connectivity index (χ3n) is 6.24. The Labute approximate surface area is 211 Å². The molecule has 0 saturated heterocycles. The van der Waals surface area contributed by atoms with Crippen molar-refractivity contribution in [1.82, 2.24) is 4.31 Å². The van der Waals surface area contributed by atoms with Crippen molar-refractivity contribution in [2.24, 2.45) is 0 Å². The van der Waals surface area contributed by atoms with E-state index in [9.17, 15) is 13.2 Å². The Hall–Kier alpha value is -3.94. The monoisotopic (exact) mass is 498 g/mol. The molecule has 4 aromatic carbocycles. The lowest BCUT2D eigenvalue weighted by Gasteiger charge is -2.35. The molecular formula is C29H26N2O4S. The Balaban J connectivity index is 1.39. The number of ether oxygens (including phenoxy) is 1. The van der Waals surface area contributed by atoms with Crippen LogP contribution in [0.5, 0.6) is 11.5 Å². The summed E-state index contributed by atoms with van der Waals surface area (Å²) in [7, 11) is -3.90. The first-order valence-electron chi connectivity index (χ1n) is 11.7. The van der Waals surface area contributed by atoms with Gasteiger partial charge in [-0.1, -0.05) is 60.2 Å². The standard InChI is InChI=1S/C29H26N2O4S/c1-21-11-17-27(18-12-21)36(33,34)31-20-23-8-6-5-7-22(23)19-28(31)29(32)30-24-13-15-26(16-14-24)35-25-9-3-2-4-10-25/h2-18,28H,19-20H2,1H3,(H,30,32)/t28-/m1/s1. The fourth-order valence-corrected chi connectivity index (χ4v) is 5.84. The van der Waals surface area contributed by atoms with Crippen LogP contribution < -0.4 is 10.1 Å². The van der Waals surface area contributed by atoms with Gasteiger partial charge < -0.3 is 10.1 Å². The van der Waals surface area contributed by atoms with Crippen molar-refractivity contribution in [3.8, 4) is 11.5 Å². The molecule has 1 amide bonds. The van der Waals surface area contributed by atoms with E-state index in [0.29, 0.717) is 23.6 Å². The summed E-state index contributed by atoms with van der Waals surface area (Å²) in [6.07, 6.45) is 0.294. The first-order chi connectivity index (χ1) is 17.4. The van der Waals surface area contributed by atoms with Gasteiger partial charge in [0.2, 0.25) is 15.9 Å².